The van der Waals surface area contributed by atoms with Crippen LogP contribution in [0.25, 0.3) is 0 Å². The van der Waals surface area contributed by atoms with Gasteiger partial charge in [-0.05, 0) is 24.6 Å². The summed E-state index contributed by atoms with van der Waals surface area (Å²) in [5, 5.41) is 6.04. The molecule has 0 saturated heterocycles. The largest absolute Gasteiger partial charge is 0.351 e. The molecule has 104 valence electrons. The highest BCUT2D eigenvalue weighted by atomic mass is 16.1. The third-order valence-corrected chi connectivity index (χ3v) is 3.03. The number of nitrogens with one attached hydrogen (secondary N) is 2. The number of nitrogens with zero attached hydrogens (tertiary/aromatic N) is 1. The molecule has 20 heavy (non-hydrogen) atoms. The first kappa shape index (κ1) is 14.2. The minimum atomic E-state index is -0.0170. The molecule has 0 spiro atoms. The van der Waals surface area contributed by atoms with Crippen molar-refractivity contribution in [2.24, 2.45) is 0 Å². The maximum atomic E-state index is 11.8. The van der Waals surface area contributed by atoms with Gasteiger partial charge in [-0.25, -0.2) is 0 Å². The van der Waals surface area contributed by atoms with E-state index in [-0.39, 0.29) is 18.5 Å². The first-order valence-corrected chi connectivity index (χ1v) is 6.70. The van der Waals surface area contributed by atoms with Crippen LogP contribution in [0.5, 0.6) is 0 Å². The van der Waals surface area contributed by atoms with E-state index < -0.39 is 0 Å². The van der Waals surface area contributed by atoms with Gasteiger partial charge in [-0.3, -0.25) is 9.78 Å². The standard InChI is InChI=1S/C16H19N3O/c1-13(15-9-5-6-10-17-15)18-12-16(20)19-11-14-7-3-2-4-8-14/h2-10,13,18H,11-12H2,1H3,(H,19,20). The third-order valence-electron chi connectivity index (χ3n) is 3.03. The Morgan fingerprint density at radius 2 is 1.90 bits per heavy atom. The second-order valence-electron chi connectivity index (χ2n) is 4.62. The van der Waals surface area contributed by atoms with Gasteiger partial charge in [0.1, 0.15) is 0 Å². The fourth-order valence-electron chi connectivity index (χ4n) is 1.84. The number of carbonyl (C=O) groups excluding carboxylic acids is 1. The molecule has 1 atom stereocenters. The van der Waals surface area contributed by atoms with E-state index in [0.29, 0.717) is 6.54 Å². The first-order valence-electron chi connectivity index (χ1n) is 6.70. The van der Waals surface area contributed by atoms with Crippen LogP contribution in [-0.2, 0) is 11.3 Å². The average Bonchev–Trinajstić information content (AvgIpc) is 2.52. The molecule has 2 rings (SSSR count). The minimum absolute atomic E-state index is 0.0170. The van der Waals surface area contributed by atoms with Gasteiger partial charge in [0.15, 0.2) is 0 Å². The number of hydrogen-bond donors (Lipinski definition) is 2. The van der Waals surface area contributed by atoms with Crippen molar-refractivity contribution >= 4 is 5.91 Å². The van der Waals surface area contributed by atoms with E-state index in [9.17, 15) is 4.79 Å². The molecule has 0 aliphatic rings. The predicted octanol–water partition coefficient (Wildman–Crippen LogP) is 2.05. The van der Waals surface area contributed by atoms with E-state index in [0.717, 1.165) is 11.3 Å². The van der Waals surface area contributed by atoms with Crippen LogP contribution < -0.4 is 10.6 Å². The maximum absolute atomic E-state index is 11.8. The second-order valence-corrected chi connectivity index (χ2v) is 4.62. The number of hydrogen-bond acceptors (Lipinski definition) is 3. The highest BCUT2D eigenvalue weighted by Gasteiger charge is 2.07. The van der Waals surface area contributed by atoms with E-state index in [1.807, 2.05) is 55.5 Å². The first-order chi connectivity index (χ1) is 9.75. The van der Waals surface area contributed by atoms with Gasteiger partial charge < -0.3 is 10.6 Å². The second kappa shape index (κ2) is 7.40. The van der Waals surface area contributed by atoms with Gasteiger partial charge in [0, 0.05) is 18.8 Å². The van der Waals surface area contributed by atoms with Crippen molar-refractivity contribution in [1.29, 1.82) is 0 Å². The van der Waals surface area contributed by atoms with E-state index in [4.69, 9.17) is 0 Å². The van der Waals surface area contributed by atoms with Crippen LogP contribution in [0, 0.1) is 0 Å². The SMILES string of the molecule is CC(NCC(=O)NCc1ccccc1)c1ccccn1. The number of rotatable bonds is 6. The van der Waals surface area contributed by atoms with Crippen molar-refractivity contribution in [3.8, 4) is 0 Å². The van der Waals surface area contributed by atoms with Gasteiger partial charge >= 0.3 is 0 Å². The zero-order valence-corrected chi connectivity index (χ0v) is 11.5. The van der Waals surface area contributed by atoms with Crippen LogP contribution in [0.2, 0.25) is 0 Å². The van der Waals surface area contributed by atoms with Gasteiger partial charge in [-0.15, -0.1) is 0 Å². The zero-order valence-electron chi connectivity index (χ0n) is 11.5. The molecule has 0 bridgehead atoms. The number of pyridine rings is 1. The van der Waals surface area contributed by atoms with Crippen molar-refractivity contribution in [2.75, 3.05) is 6.54 Å². The highest BCUT2D eigenvalue weighted by molar-refractivity contribution is 5.78. The Kier molecular flexibility index (Phi) is 5.26. The topological polar surface area (TPSA) is 54.0 Å². The third kappa shape index (κ3) is 4.48. The molecule has 4 nitrogen and oxygen atoms in total. The lowest BCUT2D eigenvalue weighted by molar-refractivity contribution is -0.120. The number of amides is 1. The van der Waals surface area contributed by atoms with Crippen molar-refractivity contribution in [3.05, 3.63) is 66.0 Å². The molecular weight excluding hydrogens is 250 g/mol. The summed E-state index contributed by atoms with van der Waals surface area (Å²) in [6.45, 7) is 2.83. The lowest BCUT2D eigenvalue weighted by atomic mass is 10.2. The van der Waals surface area contributed by atoms with E-state index >= 15 is 0 Å². The van der Waals surface area contributed by atoms with Crippen molar-refractivity contribution in [1.82, 2.24) is 15.6 Å². The van der Waals surface area contributed by atoms with E-state index in [2.05, 4.69) is 15.6 Å². The van der Waals surface area contributed by atoms with Crippen LogP contribution in [0.15, 0.2) is 54.7 Å². The smallest absolute Gasteiger partial charge is 0.234 e. The summed E-state index contributed by atoms with van der Waals surface area (Å²) in [4.78, 5) is 16.0. The molecular formula is C16H19N3O. The molecule has 2 N–H and O–H groups in total. The lowest BCUT2D eigenvalue weighted by Gasteiger charge is -2.13. The molecule has 2 aromatic rings. The van der Waals surface area contributed by atoms with Crippen molar-refractivity contribution in [3.63, 3.8) is 0 Å². The predicted molar refractivity (Wildman–Crippen MR) is 78.9 cm³/mol. The number of benzene rings is 1. The molecule has 1 heterocycles. The van der Waals surface area contributed by atoms with Crippen LogP contribution in [0.4, 0.5) is 0 Å². The summed E-state index contributed by atoms with van der Waals surface area (Å²) in [6.07, 6.45) is 1.75. The molecule has 0 aliphatic heterocycles. The molecule has 1 unspecified atom stereocenters. The van der Waals surface area contributed by atoms with Gasteiger partial charge in [0.2, 0.25) is 5.91 Å². The molecule has 4 heteroatoms. The Morgan fingerprint density at radius 3 is 2.60 bits per heavy atom. The summed E-state index contributed by atoms with van der Waals surface area (Å²) in [5.41, 5.74) is 2.03. The summed E-state index contributed by atoms with van der Waals surface area (Å²) < 4.78 is 0. The molecule has 1 amide bonds. The van der Waals surface area contributed by atoms with Crippen molar-refractivity contribution < 1.29 is 4.79 Å². The van der Waals surface area contributed by atoms with Crippen LogP contribution in [0.1, 0.15) is 24.2 Å². The van der Waals surface area contributed by atoms with E-state index in [1.54, 1.807) is 6.20 Å². The van der Waals surface area contributed by atoms with Crippen LogP contribution in [0.3, 0.4) is 0 Å². The Balaban J connectivity index is 1.73. The summed E-state index contributed by atoms with van der Waals surface area (Å²) in [6, 6.07) is 15.7. The molecule has 0 fully saturated rings. The fourth-order valence-corrected chi connectivity index (χ4v) is 1.84. The normalized spacial score (nSPS) is 11.8. The van der Waals surface area contributed by atoms with Gasteiger partial charge in [-0.2, -0.15) is 0 Å². The van der Waals surface area contributed by atoms with Gasteiger partial charge in [-0.1, -0.05) is 36.4 Å². The Morgan fingerprint density at radius 1 is 1.15 bits per heavy atom. The zero-order chi connectivity index (χ0) is 14.2. The Bertz CT molecular complexity index is 528. The molecule has 1 aromatic heterocycles. The van der Waals surface area contributed by atoms with Crippen molar-refractivity contribution in [2.45, 2.75) is 19.5 Å². The average molecular weight is 269 g/mol. The number of aromatic nitrogens is 1. The van der Waals surface area contributed by atoms with Gasteiger partial charge in [0.25, 0.3) is 0 Å². The summed E-state index contributed by atoms with van der Waals surface area (Å²) >= 11 is 0. The molecule has 0 saturated carbocycles. The minimum Gasteiger partial charge on any atom is -0.351 e. The summed E-state index contributed by atoms with van der Waals surface area (Å²) in [7, 11) is 0. The lowest BCUT2D eigenvalue weighted by Crippen LogP contribution is -2.34. The fraction of sp³-hybridized carbons (Fsp3) is 0.250. The molecule has 0 aliphatic carbocycles. The van der Waals surface area contributed by atoms with E-state index in [1.165, 1.54) is 0 Å². The Labute approximate surface area is 119 Å². The molecule has 1 aromatic carbocycles. The van der Waals surface area contributed by atoms with Gasteiger partial charge in [0.05, 0.1) is 12.2 Å². The maximum Gasteiger partial charge on any atom is 0.234 e. The van der Waals surface area contributed by atoms with Crippen LogP contribution in [-0.4, -0.2) is 17.4 Å². The number of carbonyl (C=O) groups is 1. The monoisotopic (exact) mass is 269 g/mol. The summed E-state index contributed by atoms with van der Waals surface area (Å²) in [5.74, 6) is -0.0170. The quantitative estimate of drug-likeness (QED) is 0.844. The van der Waals surface area contributed by atoms with Crippen LogP contribution >= 0.6 is 0 Å². The molecule has 0 radical (unpaired) electrons. The Hall–Kier alpha value is -2.20. The highest BCUT2D eigenvalue weighted by Crippen LogP contribution is 2.06.